The Bertz CT molecular complexity index is 1800. The van der Waals surface area contributed by atoms with E-state index in [0.29, 0.717) is 30.0 Å². The number of carboxylic acid groups (broad SMARTS) is 1. The first-order valence-corrected chi connectivity index (χ1v) is 20.0. The minimum Gasteiger partial charge on any atom is -0.508 e. The molecule has 1 aliphatic heterocycles. The van der Waals surface area contributed by atoms with Crippen LogP contribution in [0.15, 0.2) is 76.5 Å². The molecule has 0 bridgehead atoms. The monoisotopic (exact) mass is 756 g/mol. The molecule has 0 radical (unpaired) electrons. The number of para-hydroxylation sites is 1. The van der Waals surface area contributed by atoms with E-state index in [9.17, 15) is 38.1 Å². The number of aliphatic hydroxyl groups excluding tert-OH is 1. The molecule has 13 nitrogen and oxygen atoms in total. The first-order chi connectivity index (χ1) is 24.7. The highest BCUT2D eigenvalue weighted by Gasteiger charge is 2.42. The number of hydrogen-bond donors (Lipinski definition) is 6. The second-order valence-corrected chi connectivity index (χ2v) is 15.4. The summed E-state index contributed by atoms with van der Waals surface area (Å²) >= 11 is 1.32. The molecule has 0 aromatic heterocycles. The van der Waals surface area contributed by atoms with Crippen LogP contribution in [-0.4, -0.2) is 78.6 Å². The molecule has 15 heteroatoms. The number of anilines is 2. The number of hydrogen-bond acceptors (Lipinski definition) is 10. The Morgan fingerprint density at radius 1 is 1.00 bits per heavy atom. The molecule has 1 aliphatic rings. The summed E-state index contributed by atoms with van der Waals surface area (Å²) in [6.45, 7) is 5.15. The van der Waals surface area contributed by atoms with E-state index in [1.165, 1.54) is 49.0 Å². The fourth-order valence-corrected chi connectivity index (χ4v) is 8.39. The highest BCUT2D eigenvalue weighted by molar-refractivity contribution is 7.98. The zero-order valence-electron chi connectivity index (χ0n) is 29.8. The summed E-state index contributed by atoms with van der Waals surface area (Å²) in [7, 11) is -4.09. The smallest absolute Gasteiger partial charge is 0.328 e. The van der Waals surface area contributed by atoms with Gasteiger partial charge in [-0.05, 0) is 61.9 Å². The van der Waals surface area contributed by atoms with E-state index in [-0.39, 0.29) is 22.0 Å². The summed E-state index contributed by atoms with van der Waals surface area (Å²) in [4.78, 5) is 40.9. The number of nitrogens with zero attached hydrogens (tertiary/aromatic N) is 1. The largest absolute Gasteiger partial charge is 0.508 e. The summed E-state index contributed by atoms with van der Waals surface area (Å²) in [5.74, 6) is -3.13. The maximum Gasteiger partial charge on any atom is 0.328 e. The fraction of sp³-hybridized carbons (Fsp3) is 0.432. The molecule has 3 aromatic carbocycles. The van der Waals surface area contributed by atoms with Crippen LogP contribution in [0, 0.1) is 0 Å². The number of thioether (sulfide) groups is 1. The van der Waals surface area contributed by atoms with Crippen molar-refractivity contribution >= 4 is 50.9 Å². The number of aromatic hydroxyl groups is 1. The third kappa shape index (κ3) is 9.97. The molecule has 0 aliphatic carbocycles. The molecule has 6 N–H and O–H groups in total. The maximum absolute atomic E-state index is 14.3. The molecule has 0 saturated heterocycles. The Labute approximate surface area is 309 Å². The van der Waals surface area contributed by atoms with Gasteiger partial charge in [-0.2, -0.15) is 0 Å². The van der Waals surface area contributed by atoms with Crippen molar-refractivity contribution < 1.29 is 42.9 Å². The highest BCUT2D eigenvalue weighted by atomic mass is 32.2. The number of carbonyl (C=O) groups is 3. The van der Waals surface area contributed by atoms with Crippen molar-refractivity contribution in [3.8, 4) is 11.5 Å². The van der Waals surface area contributed by atoms with Gasteiger partial charge in [-0.1, -0.05) is 69.9 Å². The van der Waals surface area contributed by atoms with Gasteiger partial charge in [0.1, 0.15) is 22.4 Å². The molecular weight excluding hydrogens is 709 g/mol. The quantitative estimate of drug-likeness (QED) is 0.103. The van der Waals surface area contributed by atoms with Crippen molar-refractivity contribution in [3.63, 3.8) is 0 Å². The predicted molar refractivity (Wildman–Crippen MR) is 200 cm³/mol. The number of fused-ring (bicyclic) bond motifs is 1. The lowest BCUT2D eigenvalue weighted by molar-refractivity contribution is -0.145. The van der Waals surface area contributed by atoms with Crippen LogP contribution in [0.5, 0.6) is 11.5 Å². The van der Waals surface area contributed by atoms with E-state index in [1.54, 1.807) is 6.07 Å². The van der Waals surface area contributed by atoms with Crippen molar-refractivity contribution in [2.24, 2.45) is 0 Å². The number of aliphatic carboxylic acids is 1. The summed E-state index contributed by atoms with van der Waals surface area (Å²) < 4.78 is 37.6. The van der Waals surface area contributed by atoms with Crippen LogP contribution < -0.4 is 25.0 Å². The fourth-order valence-electron chi connectivity index (χ4n) is 6.18. The van der Waals surface area contributed by atoms with Crippen molar-refractivity contribution in [3.05, 3.63) is 72.3 Å². The lowest BCUT2D eigenvalue weighted by Gasteiger charge is -2.37. The molecule has 0 saturated carbocycles. The zero-order valence-corrected chi connectivity index (χ0v) is 31.4. The van der Waals surface area contributed by atoms with Crippen LogP contribution >= 0.6 is 11.8 Å². The summed E-state index contributed by atoms with van der Waals surface area (Å²) in [5.41, 5.74) is 0.794. The number of sulfonamides is 1. The number of carboxylic acids is 1. The van der Waals surface area contributed by atoms with Crippen molar-refractivity contribution in [1.82, 2.24) is 15.4 Å². The lowest BCUT2D eigenvalue weighted by atomic mass is 9.87. The first kappa shape index (κ1) is 40.5. The Kier molecular flexibility index (Phi) is 14.0. The van der Waals surface area contributed by atoms with E-state index in [4.69, 9.17) is 4.74 Å². The molecule has 3 atom stereocenters. The second kappa shape index (κ2) is 17.9. The van der Waals surface area contributed by atoms with Gasteiger partial charge in [-0.25, -0.2) is 17.9 Å². The topological polar surface area (TPSA) is 195 Å². The van der Waals surface area contributed by atoms with E-state index in [0.717, 1.165) is 31.4 Å². The van der Waals surface area contributed by atoms with Gasteiger partial charge in [0, 0.05) is 18.3 Å². The summed E-state index contributed by atoms with van der Waals surface area (Å²) in [6.07, 6.45) is 5.16. The lowest BCUT2D eigenvalue weighted by Crippen LogP contribution is -2.53. The van der Waals surface area contributed by atoms with Gasteiger partial charge in [-0.3, -0.25) is 9.59 Å². The van der Waals surface area contributed by atoms with Crippen molar-refractivity contribution in [2.45, 2.75) is 92.8 Å². The Hall–Kier alpha value is -4.31. The number of unbranched alkanes of at least 4 members (excludes halogenated alkanes) is 2. The molecule has 3 aromatic rings. The van der Waals surface area contributed by atoms with Crippen molar-refractivity contribution in [2.75, 3.05) is 24.3 Å². The van der Waals surface area contributed by atoms with Gasteiger partial charge in [0.25, 0.3) is 5.91 Å². The van der Waals surface area contributed by atoms with Crippen LogP contribution in [0.2, 0.25) is 0 Å². The number of carbonyl (C=O) groups excluding carboxylic acids is 2. The van der Waals surface area contributed by atoms with Crippen LogP contribution in [0.3, 0.4) is 0 Å². The van der Waals surface area contributed by atoms with E-state index in [2.05, 4.69) is 29.2 Å². The minimum atomic E-state index is -4.09. The van der Waals surface area contributed by atoms with Crippen LogP contribution in [-0.2, 0) is 24.4 Å². The van der Waals surface area contributed by atoms with Gasteiger partial charge in [-0.15, -0.1) is 11.8 Å². The van der Waals surface area contributed by atoms with Gasteiger partial charge in [0.05, 0.1) is 22.2 Å². The molecule has 2 amide bonds. The number of aliphatic hydroxyl groups is 1. The normalized spacial score (nSPS) is 16.4. The molecule has 282 valence electrons. The Morgan fingerprint density at radius 3 is 2.19 bits per heavy atom. The number of benzene rings is 3. The molecule has 0 spiro atoms. The average Bonchev–Trinajstić information content (AvgIpc) is 3.21. The van der Waals surface area contributed by atoms with Crippen LogP contribution in [0.1, 0.15) is 70.9 Å². The molecular formula is C37H48N4O9S2. The number of phenolic OH excluding ortho intramolecular Hbond substituents is 1. The number of phenols is 1. The second-order valence-electron chi connectivity index (χ2n) is 12.9. The molecule has 3 unspecified atom stereocenters. The average molecular weight is 757 g/mol. The first-order valence-electron chi connectivity index (χ1n) is 17.2. The van der Waals surface area contributed by atoms with Gasteiger partial charge < -0.3 is 35.6 Å². The van der Waals surface area contributed by atoms with E-state index >= 15 is 0 Å². The number of nitrogens with one attached hydrogen (secondary N) is 3. The van der Waals surface area contributed by atoms with Crippen LogP contribution in [0.25, 0.3) is 0 Å². The molecule has 0 fully saturated rings. The maximum atomic E-state index is 14.3. The molecule has 4 rings (SSSR count). The third-order valence-electron chi connectivity index (χ3n) is 8.92. The summed E-state index contributed by atoms with van der Waals surface area (Å²) in [5, 5.41) is 33.9. The minimum absolute atomic E-state index is 0.00128. The van der Waals surface area contributed by atoms with Gasteiger partial charge in [0.15, 0.2) is 12.6 Å². The van der Waals surface area contributed by atoms with Gasteiger partial charge >= 0.3 is 5.97 Å². The number of ether oxygens (including phenoxy) is 1. The molecule has 52 heavy (non-hydrogen) atoms. The SMILES string of the molecule is CCCCC1(CCCC)CN(c2ccccc2)c2cc(SC)c(OCC(=O)NC(C(=O)NC(C(=O)O)C(C)O)c3ccc(O)cc3)cc2S(=O)(=O)N1. The number of amides is 2. The number of rotatable bonds is 17. The Balaban J connectivity index is 1.69. The van der Waals surface area contributed by atoms with Gasteiger partial charge in [0.2, 0.25) is 15.9 Å². The highest BCUT2D eigenvalue weighted by Crippen LogP contribution is 2.44. The third-order valence-corrected chi connectivity index (χ3v) is 11.3. The Morgan fingerprint density at radius 2 is 1.63 bits per heavy atom. The van der Waals surface area contributed by atoms with Crippen molar-refractivity contribution in [1.29, 1.82) is 0 Å². The van der Waals surface area contributed by atoms with Crippen LogP contribution in [0.4, 0.5) is 11.4 Å². The standard InChI is InChI=1S/C37H48N4O9S2/c1-5-7-18-37(19-8-6-2)23-41(26-12-10-9-11-13-26)28-20-30(51-4)29(21-31(28)52(48,49)40-37)50-22-32(44)38-34(25-14-16-27(43)17-15-25)35(45)39-33(24(3)42)36(46)47/h9-17,20-21,24,33-34,40,42-43H,5-8,18-19,22-23H2,1-4H3,(H,38,44)(H,39,45)(H,46,47). The molecule has 1 heterocycles. The van der Waals surface area contributed by atoms with E-state index in [1.807, 2.05) is 41.5 Å². The van der Waals surface area contributed by atoms with E-state index < -0.39 is 58.1 Å². The predicted octanol–water partition coefficient (Wildman–Crippen LogP) is 4.85. The zero-order chi connectivity index (χ0) is 38.1. The summed E-state index contributed by atoms with van der Waals surface area (Å²) in [6, 6.07) is 15.1.